The minimum absolute atomic E-state index is 0.750. The third kappa shape index (κ3) is 54.9. The summed E-state index contributed by atoms with van der Waals surface area (Å²) < 4.78 is 4.72. The Kier molecular flexibility index (Phi) is 45.8. The number of rotatable bonds is 0. The first kappa shape index (κ1) is 17.6. The molecule has 1 rings (SSSR count). The average molecular weight is 177 g/mol. The summed E-state index contributed by atoms with van der Waals surface area (Å²) in [5.74, 6) is 0. The second-order valence-corrected chi connectivity index (χ2v) is 1.70. The third-order valence-corrected chi connectivity index (χ3v) is 0.577. The third-order valence-electron chi connectivity index (χ3n) is 0.577. The molecule has 1 heterocycles. The first-order valence-corrected chi connectivity index (χ1v) is 4.39. The van der Waals surface area contributed by atoms with Gasteiger partial charge in [0.1, 0.15) is 6.29 Å². The van der Waals surface area contributed by atoms with E-state index in [1.807, 2.05) is 27.9 Å². The summed E-state index contributed by atoms with van der Waals surface area (Å²) in [4.78, 5) is 8.81. The summed E-state index contributed by atoms with van der Waals surface area (Å²) in [6, 6.07) is 0. The molecule has 0 aromatic carbocycles. The molecule has 1 aliphatic rings. The maximum absolute atomic E-state index is 8.81. The Morgan fingerprint density at radius 3 is 1.33 bits per heavy atom. The van der Waals surface area contributed by atoms with Crippen LogP contribution in [0, 0.1) is 0 Å². The van der Waals surface area contributed by atoms with E-state index in [1.165, 1.54) is 13.3 Å². The molecule has 0 saturated carbocycles. The summed E-state index contributed by atoms with van der Waals surface area (Å²) in [5.41, 5.74) is 0. The molecule has 12 heavy (non-hydrogen) atoms. The molecule has 1 N–H and O–H groups in total. The van der Waals surface area contributed by atoms with Gasteiger partial charge in [0.15, 0.2) is 0 Å². The van der Waals surface area contributed by atoms with Crippen LogP contribution in [0.4, 0.5) is 0 Å². The molecule has 0 radical (unpaired) electrons. The Hall–Kier alpha value is -0.410. The maximum atomic E-state index is 8.81. The number of aldehydes is 1. The van der Waals surface area contributed by atoms with Crippen LogP contribution in [-0.4, -0.2) is 33.6 Å². The van der Waals surface area contributed by atoms with Gasteiger partial charge in [-0.3, -0.25) is 0 Å². The lowest BCUT2D eigenvalue weighted by Gasteiger charge is -2.09. The highest BCUT2D eigenvalue weighted by atomic mass is 16.5. The van der Waals surface area contributed by atoms with E-state index in [2.05, 4.69) is 5.32 Å². The van der Waals surface area contributed by atoms with Crippen molar-refractivity contribution >= 4 is 6.29 Å². The van der Waals surface area contributed by atoms with Crippen LogP contribution in [0.3, 0.4) is 0 Å². The van der Waals surface area contributed by atoms with E-state index < -0.39 is 0 Å². The molecular formula is C9H23NO2. The number of nitrogens with one attached hydrogen (secondary N) is 1. The van der Waals surface area contributed by atoms with Crippen LogP contribution >= 0.6 is 0 Å². The highest BCUT2D eigenvalue weighted by Gasteiger charge is 1.94. The van der Waals surface area contributed by atoms with Gasteiger partial charge in [0, 0.05) is 13.2 Å². The van der Waals surface area contributed by atoms with Crippen molar-refractivity contribution in [2.24, 2.45) is 0 Å². The molecular weight excluding hydrogens is 154 g/mol. The summed E-state index contributed by atoms with van der Waals surface area (Å²) in [6.45, 7) is 7.44. The molecule has 3 heteroatoms. The first-order valence-electron chi connectivity index (χ1n) is 4.39. The van der Waals surface area contributed by atoms with Crippen molar-refractivity contribution in [3.8, 4) is 0 Å². The molecule has 3 nitrogen and oxygen atoms in total. The Balaban J connectivity index is -0.0000000940. The van der Waals surface area contributed by atoms with E-state index in [0.29, 0.717) is 0 Å². The molecule has 0 aliphatic carbocycles. The van der Waals surface area contributed by atoms with Gasteiger partial charge >= 0.3 is 0 Å². The molecule has 0 unspecified atom stereocenters. The van der Waals surface area contributed by atoms with Gasteiger partial charge in [-0.25, -0.2) is 0 Å². The minimum atomic E-state index is 0.750. The van der Waals surface area contributed by atoms with Crippen LogP contribution in [0.25, 0.3) is 0 Å². The van der Waals surface area contributed by atoms with E-state index in [4.69, 9.17) is 9.53 Å². The predicted octanol–water partition coefficient (Wildman–Crippen LogP) is 1.47. The van der Waals surface area contributed by atoms with Crippen molar-refractivity contribution in [2.75, 3.05) is 27.3 Å². The standard InChI is InChI=1S/C3H6O.C2H7N.C2H4O.C2H6/c1-2-4-3-1;1-3-2;1-2-3;1-2/h1-3H2;3H,1-2H3;2H,1H3;1-2H3. The lowest BCUT2D eigenvalue weighted by atomic mass is 10.4. The number of ether oxygens (including phenoxy) is 1. The van der Waals surface area contributed by atoms with Crippen molar-refractivity contribution in [2.45, 2.75) is 27.2 Å². The first-order chi connectivity index (χ1) is 5.83. The molecule has 0 spiro atoms. The van der Waals surface area contributed by atoms with E-state index in [-0.39, 0.29) is 0 Å². The number of carbonyl (C=O) groups is 1. The second kappa shape index (κ2) is 31.2. The fraction of sp³-hybridized carbons (Fsp3) is 0.889. The van der Waals surface area contributed by atoms with Crippen LogP contribution in [0.2, 0.25) is 0 Å². The molecule has 0 amide bonds. The van der Waals surface area contributed by atoms with Crippen LogP contribution in [0.5, 0.6) is 0 Å². The maximum Gasteiger partial charge on any atom is 0.116 e. The monoisotopic (exact) mass is 177 g/mol. The van der Waals surface area contributed by atoms with Crippen molar-refractivity contribution < 1.29 is 9.53 Å². The van der Waals surface area contributed by atoms with Crippen molar-refractivity contribution in [1.29, 1.82) is 0 Å². The zero-order chi connectivity index (χ0) is 10.2. The fourth-order valence-corrected chi connectivity index (χ4v) is 0.144. The lowest BCUT2D eigenvalue weighted by molar-refractivity contribution is -0.106. The fourth-order valence-electron chi connectivity index (χ4n) is 0.144. The smallest absolute Gasteiger partial charge is 0.116 e. The molecule has 0 aromatic rings. The average Bonchev–Trinajstić information content (AvgIpc) is 1.90. The molecule has 1 aliphatic heterocycles. The molecule has 0 atom stereocenters. The molecule has 0 aromatic heterocycles. The Morgan fingerprint density at radius 2 is 1.33 bits per heavy atom. The van der Waals surface area contributed by atoms with E-state index >= 15 is 0 Å². The zero-order valence-corrected chi connectivity index (χ0v) is 9.02. The van der Waals surface area contributed by atoms with E-state index in [0.717, 1.165) is 19.5 Å². The van der Waals surface area contributed by atoms with Crippen molar-refractivity contribution in [3.05, 3.63) is 0 Å². The number of hydrogen-bond donors (Lipinski definition) is 1. The highest BCUT2D eigenvalue weighted by Crippen LogP contribution is 1.93. The molecule has 76 valence electrons. The van der Waals surface area contributed by atoms with E-state index in [9.17, 15) is 0 Å². The van der Waals surface area contributed by atoms with E-state index in [1.54, 1.807) is 0 Å². The van der Waals surface area contributed by atoms with Gasteiger partial charge in [0.25, 0.3) is 0 Å². The largest absolute Gasteiger partial charge is 0.381 e. The quantitative estimate of drug-likeness (QED) is 0.569. The van der Waals surface area contributed by atoms with Crippen molar-refractivity contribution in [1.82, 2.24) is 5.32 Å². The Morgan fingerprint density at radius 1 is 1.25 bits per heavy atom. The summed E-state index contributed by atoms with van der Waals surface area (Å²) >= 11 is 0. The van der Waals surface area contributed by atoms with Crippen molar-refractivity contribution in [3.63, 3.8) is 0 Å². The Bertz CT molecular complexity index is 50.5. The normalized spacial score (nSPS) is 11.1. The van der Waals surface area contributed by atoms with Gasteiger partial charge in [0.2, 0.25) is 0 Å². The summed E-state index contributed by atoms with van der Waals surface area (Å²) in [5, 5.41) is 2.75. The zero-order valence-electron chi connectivity index (χ0n) is 9.02. The minimum Gasteiger partial charge on any atom is -0.381 e. The van der Waals surface area contributed by atoms with Crippen LogP contribution in [0.15, 0.2) is 0 Å². The highest BCUT2D eigenvalue weighted by molar-refractivity contribution is 5.44. The lowest BCUT2D eigenvalue weighted by Crippen LogP contribution is -2.09. The number of hydrogen-bond acceptors (Lipinski definition) is 3. The SMILES string of the molecule is C1COC1.CC.CC=O.CNC. The molecule has 1 saturated heterocycles. The van der Waals surface area contributed by atoms with Gasteiger partial charge < -0.3 is 14.8 Å². The van der Waals surface area contributed by atoms with Gasteiger partial charge in [-0.2, -0.15) is 0 Å². The van der Waals surface area contributed by atoms with Crippen LogP contribution in [0.1, 0.15) is 27.2 Å². The van der Waals surface area contributed by atoms with Gasteiger partial charge in [-0.15, -0.1) is 0 Å². The summed E-state index contributed by atoms with van der Waals surface area (Å²) in [7, 11) is 3.75. The van der Waals surface area contributed by atoms with Crippen LogP contribution < -0.4 is 5.32 Å². The number of carbonyl (C=O) groups excluding carboxylic acids is 1. The molecule has 1 fully saturated rings. The van der Waals surface area contributed by atoms with Gasteiger partial charge in [0.05, 0.1) is 0 Å². The van der Waals surface area contributed by atoms with Crippen LogP contribution in [-0.2, 0) is 9.53 Å². The molecule has 0 bridgehead atoms. The predicted molar refractivity (Wildman–Crippen MR) is 53.5 cm³/mol. The van der Waals surface area contributed by atoms with Gasteiger partial charge in [-0.05, 0) is 27.4 Å². The second-order valence-electron chi connectivity index (χ2n) is 1.70. The van der Waals surface area contributed by atoms with Gasteiger partial charge in [-0.1, -0.05) is 13.8 Å². The summed E-state index contributed by atoms with van der Waals surface area (Å²) in [6.07, 6.45) is 2.03. The Labute approximate surface area is 76.5 Å². The topological polar surface area (TPSA) is 38.3 Å².